The second-order valence-corrected chi connectivity index (χ2v) is 5.59. The van der Waals surface area contributed by atoms with Crippen LogP contribution in [0, 0.1) is 0 Å². The Balaban J connectivity index is 1.88. The van der Waals surface area contributed by atoms with Gasteiger partial charge in [0.25, 0.3) is 5.91 Å². The van der Waals surface area contributed by atoms with E-state index < -0.39 is 0 Å². The van der Waals surface area contributed by atoms with Gasteiger partial charge in [-0.05, 0) is 29.1 Å². The molecule has 104 valence electrons. The molecule has 21 heavy (non-hydrogen) atoms. The average molecular weight is 294 g/mol. The molecule has 2 aromatic carbocycles. The first-order chi connectivity index (χ1) is 10.3. The quantitative estimate of drug-likeness (QED) is 0.574. The lowest BCUT2D eigenvalue weighted by atomic mass is 10.0. The number of rotatable bonds is 3. The van der Waals surface area contributed by atoms with E-state index in [0.29, 0.717) is 4.88 Å². The van der Waals surface area contributed by atoms with E-state index in [2.05, 4.69) is 28.7 Å². The molecule has 3 rings (SSSR count). The number of carbonyl (C=O) groups excluding carboxylic acids is 1. The lowest BCUT2D eigenvalue weighted by Gasteiger charge is -2.06. The van der Waals surface area contributed by atoms with Gasteiger partial charge >= 0.3 is 0 Å². The highest BCUT2D eigenvalue weighted by Crippen LogP contribution is 2.19. The molecule has 1 heterocycles. The van der Waals surface area contributed by atoms with E-state index in [1.165, 1.54) is 11.3 Å². The SMILES string of the molecule is C/C(=N/NC(=O)c1cccs1)c1cccc2ccccc12. The fourth-order valence-electron chi connectivity index (χ4n) is 2.20. The molecule has 0 bridgehead atoms. The molecule has 3 nitrogen and oxygen atoms in total. The molecular formula is C17H14N2OS. The lowest BCUT2D eigenvalue weighted by molar-refractivity contribution is 0.0959. The number of hydrogen-bond acceptors (Lipinski definition) is 3. The lowest BCUT2D eigenvalue weighted by Crippen LogP contribution is -2.18. The van der Waals surface area contributed by atoms with Gasteiger partial charge in [0.2, 0.25) is 0 Å². The minimum absolute atomic E-state index is 0.176. The summed E-state index contributed by atoms with van der Waals surface area (Å²) in [4.78, 5) is 12.6. The van der Waals surface area contributed by atoms with E-state index >= 15 is 0 Å². The van der Waals surface area contributed by atoms with Gasteiger partial charge in [-0.25, -0.2) is 5.43 Å². The zero-order valence-corrected chi connectivity index (χ0v) is 12.4. The molecule has 1 N–H and O–H groups in total. The molecule has 0 radical (unpaired) electrons. The zero-order valence-electron chi connectivity index (χ0n) is 11.5. The van der Waals surface area contributed by atoms with Crippen molar-refractivity contribution in [3.63, 3.8) is 0 Å². The summed E-state index contributed by atoms with van der Waals surface area (Å²) in [6, 6.07) is 17.8. The van der Waals surface area contributed by atoms with Crippen molar-refractivity contribution >= 4 is 33.7 Å². The van der Waals surface area contributed by atoms with Crippen LogP contribution in [0.3, 0.4) is 0 Å². The van der Waals surface area contributed by atoms with Gasteiger partial charge in [-0.2, -0.15) is 5.10 Å². The highest BCUT2D eigenvalue weighted by molar-refractivity contribution is 7.12. The summed E-state index contributed by atoms with van der Waals surface area (Å²) in [6.07, 6.45) is 0. The molecule has 1 aromatic heterocycles. The van der Waals surface area contributed by atoms with Crippen LogP contribution in [-0.2, 0) is 0 Å². The van der Waals surface area contributed by atoms with Gasteiger partial charge in [-0.1, -0.05) is 48.5 Å². The number of hydrazone groups is 1. The predicted molar refractivity (Wildman–Crippen MR) is 87.9 cm³/mol. The molecule has 0 spiro atoms. The maximum atomic E-state index is 11.9. The maximum Gasteiger partial charge on any atom is 0.281 e. The Morgan fingerprint density at radius 2 is 1.86 bits per heavy atom. The minimum Gasteiger partial charge on any atom is -0.266 e. The topological polar surface area (TPSA) is 41.5 Å². The average Bonchev–Trinajstić information content (AvgIpc) is 3.06. The van der Waals surface area contributed by atoms with Crippen LogP contribution in [0.25, 0.3) is 10.8 Å². The third kappa shape index (κ3) is 2.85. The van der Waals surface area contributed by atoms with Crippen LogP contribution in [0.2, 0.25) is 0 Å². The molecule has 0 fully saturated rings. The fourth-order valence-corrected chi connectivity index (χ4v) is 2.81. The van der Waals surface area contributed by atoms with Crippen molar-refractivity contribution in [3.05, 3.63) is 70.4 Å². The monoisotopic (exact) mass is 294 g/mol. The minimum atomic E-state index is -0.176. The number of fused-ring (bicyclic) bond motifs is 1. The van der Waals surface area contributed by atoms with Gasteiger partial charge in [0.15, 0.2) is 0 Å². The van der Waals surface area contributed by atoms with Crippen LogP contribution in [0.4, 0.5) is 0 Å². The molecule has 4 heteroatoms. The van der Waals surface area contributed by atoms with E-state index in [0.717, 1.165) is 22.0 Å². The van der Waals surface area contributed by atoms with Crippen LogP contribution in [-0.4, -0.2) is 11.6 Å². The standard InChI is InChI=1S/C17H14N2OS/c1-12(18-19-17(20)16-10-5-11-21-16)14-9-4-7-13-6-2-3-8-15(13)14/h2-11H,1H3,(H,19,20)/b18-12-. The summed E-state index contributed by atoms with van der Waals surface area (Å²) in [6.45, 7) is 1.90. The van der Waals surface area contributed by atoms with Gasteiger partial charge < -0.3 is 0 Å². The third-order valence-corrected chi connectivity index (χ3v) is 4.12. The molecule has 0 atom stereocenters. The second kappa shape index (κ2) is 5.89. The molecule has 0 saturated carbocycles. The molecule has 0 aliphatic heterocycles. The first kappa shape index (κ1) is 13.5. The zero-order chi connectivity index (χ0) is 14.7. The molecule has 0 aliphatic rings. The summed E-state index contributed by atoms with van der Waals surface area (Å²) >= 11 is 1.40. The Morgan fingerprint density at radius 1 is 1.05 bits per heavy atom. The van der Waals surface area contributed by atoms with Crippen molar-refractivity contribution in [1.29, 1.82) is 0 Å². The summed E-state index contributed by atoms with van der Waals surface area (Å²) in [5, 5.41) is 8.39. The van der Waals surface area contributed by atoms with Crippen LogP contribution in [0.5, 0.6) is 0 Å². The highest BCUT2D eigenvalue weighted by Gasteiger charge is 2.07. The number of amides is 1. The Kier molecular flexibility index (Phi) is 3.79. The smallest absolute Gasteiger partial charge is 0.266 e. The molecule has 3 aromatic rings. The molecule has 0 saturated heterocycles. The van der Waals surface area contributed by atoms with Gasteiger partial charge in [0.1, 0.15) is 0 Å². The first-order valence-corrected chi connectivity index (χ1v) is 7.50. The van der Waals surface area contributed by atoms with E-state index in [1.54, 1.807) is 6.07 Å². The van der Waals surface area contributed by atoms with E-state index in [-0.39, 0.29) is 5.91 Å². The number of thiophene rings is 1. The van der Waals surface area contributed by atoms with Crippen LogP contribution in [0.15, 0.2) is 65.1 Å². The van der Waals surface area contributed by atoms with Gasteiger partial charge in [-0.15, -0.1) is 11.3 Å². The number of nitrogens with zero attached hydrogens (tertiary/aromatic N) is 1. The van der Waals surface area contributed by atoms with Crippen molar-refractivity contribution in [2.75, 3.05) is 0 Å². The Bertz CT molecular complexity index is 801. The number of carbonyl (C=O) groups is 1. The molecule has 1 amide bonds. The largest absolute Gasteiger partial charge is 0.281 e. The van der Waals surface area contributed by atoms with Crippen molar-refractivity contribution in [3.8, 4) is 0 Å². The third-order valence-electron chi connectivity index (χ3n) is 3.25. The number of hydrogen-bond donors (Lipinski definition) is 1. The second-order valence-electron chi connectivity index (χ2n) is 4.64. The van der Waals surface area contributed by atoms with Gasteiger partial charge in [-0.3, -0.25) is 4.79 Å². The van der Waals surface area contributed by atoms with E-state index in [1.807, 2.05) is 42.6 Å². The van der Waals surface area contributed by atoms with E-state index in [4.69, 9.17) is 0 Å². The van der Waals surface area contributed by atoms with Crippen molar-refractivity contribution in [2.24, 2.45) is 5.10 Å². The molecular weight excluding hydrogens is 280 g/mol. The Morgan fingerprint density at radius 3 is 2.67 bits per heavy atom. The van der Waals surface area contributed by atoms with Crippen LogP contribution < -0.4 is 5.43 Å². The first-order valence-electron chi connectivity index (χ1n) is 6.62. The predicted octanol–water partition coefficient (Wildman–Crippen LogP) is 4.06. The molecule has 0 aliphatic carbocycles. The van der Waals surface area contributed by atoms with Crippen molar-refractivity contribution < 1.29 is 4.79 Å². The van der Waals surface area contributed by atoms with Crippen molar-refractivity contribution in [2.45, 2.75) is 6.92 Å². The highest BCUT2D eigenvalue weighted by atomic mass is 32.1. The summed E-state index contributed by atoms with van der Waals surface area (Å²) in [7, 11) is 0. The number of nitrogens with one attached hydrogen (secondary N) is 1. The van der Waals surface area contributed by atoms with E-state index in [9.17, 15) is 4.79 Å². The summed E-state index contributed by atoms with van der Waals surface area (Å²) in [5.41, 5.74) is 4.42. The van der Waals surface area contributed by atoms with Crippen LogP contribution in [0.1, 0.15) is 22.2 Å². The maximum absolute atomic E-state index is 11.9. The Hall–Kier alpha value is -2.46. The number of benzene rings is 2. The van der Waals surface area contributed by atoms with Gasteiger partial charge in [0, 0.05) is 5.56 Å². The fraction of sp³-hybridized carbons (Fsp3) is 0.0588. The van der Waals surface area contributed by atoms with Crippen LogP contribution >= 0.6 is 11.3 Å². The molecule has 0 unspecified atom stereocenters. The normalized spacial score (nSPS) is 11.6. The van der Waals surface area contributed by atoms with Gasteiger partial charge in [0.05, 0.1) is 10.6 Å². The Labute approximate surface area is 126 Å². The summed E-state index contributed by atoms with van der Waals surface area (Å²) < 4.78 is 0. The summed E-state index contributed by atoms with van der Waals surface area (Å²) in [5.74, 6) is -0.176. The van der Waals surface area contributed by atoms with Crippen molar-refractivity contribution in [1.82, 2.24) is 5.43 Å².